The van der Waals surface area contributed by atoms with Gasteiger partial charge in [0.05, 0.1) is 0 Å². The summed E-state index contributed by atoms with van der Waals surface area (Å²) >= 11 is 0. The first kappa shape index (κ1) is 16.4. The van der Waals surface area contributed by atoms with Crippen molar-refractivity contribution in [2.45, 2.75) is 39.5 Å². The molecule has 0 unspecified atom stereocenters. The van der Waals surface area contributed by atoms with E-state index in [9.17, 15) is 8.78 Å². The van der Waals surface area contributed by atoms with Gasteiger partial charge in [-0.1, -0.05) is 52.0 Å². The zero-order valence-corrected chi connectivity index (χ0v) is 12.5. The van der Waals surface area contributed by atoms with Crippen LogP contribution in [0.25, 0.3) is 0 Å². The molecule has 0 atom stereocenters. The number of hydrogen-bond acceptors (Lipinski definition) is 0. The van der Waals surface area contributed by atoms with Gasteiger partial charge in [-0.3, -0.25) is 0 Å². The molecule has 0 aliphatic heterocycles. The van der Waals surface area contributed by atoms with Crippen LogP contribution in [-0.4, -0.2) is 0 Å². The van der Waals surface area contributed by atoms with Crippen LogP contribution in [-0.2, 0) is 0 Å². The average Bonchev–Trinajstić information content (AvgIpc) is 2.40. The van der Waals surface area contributed by atoms with Crippen LogP contribution < -0.4 is 0 Å². The number of rotatable bonds is 2. The summed E-state index contributed by atoms with van der Waals surface area (Å²) in [6.07, 6.45) is 0. The molecule has 2 aromatic carbocycles. The Labute approximate surface area is 120 Å². The predicted octanol–water partition coefficient (Wildman–Crippen LogP) is 5.90. The van der Waals surface area contributed by atoms with E-state index in [1.54, 1.807) is 12.1 Å². The SMILES string of the molecule is CC(C)c1ccc(F)cc1.CC(C)c1cccc(F)c1. The van der Waals surface area contributed by atoms with E-state index in [2.05, 4.69) is 27.7 Å². The monoisotopic (exact) mass is 276 g/mol. The van der Waals surface area contributed by atoms with Gasteiger partial charge in [0.1, 0.15) is 11.6 Å². The van der Waals surface area contributed by atoms with Gasteiger partial charge in [0.25, 0.3) is 0 Å². The molecule has 108 valence electrons. The van der Waals surface area contributed by atoms with Crippen molar-refractivity contribution in [2.24, 2.45) is 0 Å². The normalized spacial score (nSPS) is 10.4. The van der Waals surface area contributed by atoms with Gasteiger partial charge in [-0.2, -0.15) is 0 Å². The van der Waals surface area contributed by atoms with E-state index in [1.165, 1.54) is 23.8 Å². The molecule has 2 rings (SSSR count). The maximum absolute atomic E-state index is 12.5. The van der Waals surface area contributed by atoms with Crippen LogP contribution >= 0.6 is 0 Å². The topological polar surface area (TPSA) is 0 Å². The summed E-state index contributed by atoms with van der Waals surface area (Å²) in [6.45, 7) is 8.28. The highest BCUT2D eigenvalue weighted by molar-refractivity contribution is 5.19. The summed E-state index contributed by atoms with van der Waals surface area (Å²) in [6, 6.07) is 13.3. The summed E-state index contributed by atoms with van der Waals surface area (Å²) in [5, 5.41) is 0. The van der Waals surface area contributed by atoms with Crippen molar-refractivity contribution in [2.75, 3.05) is 0 Å². The zero-order chi connectivity index (χ0) is 15.1. The second-order valence-corrected chi connectivity index (χ2v) is 5.42. The Hall–Kier alpha value is -1.70. The third-order valence-electron chi connectivity index (χ3n) is 3.05. The Morgan fingerprint density at radius 3 is 1.60 bits per heavy atom. The Bertz CT molecular complexity index is 513. The average molecular weight is 276 g/mol. The van der Waals surface area contributed by atoms with E-state index in [4.69, 9.17) is 0 Å². The molecule has 2 aromatic rings. The Morgan fingerprint density at radius 2 is 1.20 bits per heavy atom. The standard InChI is InChI=1S/2C9H11F/c1-7(2)8-3-5-9(10)6-4-8;1-7(2)8-4-3-5-9(10)6-8/h2*3-7H,1-2H3. The fourth-order valence-electron chi connectivity index (χ4n) is 1.71. The van der Waals surface area contributed by atoms with Crippen LogP contribution in [0.1, 0.15) is 50.7 Å². The smallest absolute Gasteiger partial charge is 0.123 e. The summed E-state index contributed by atoms with van der Waals surface area (Å²) < 4.78 is 24.9. The Morgan fingerprint density at radius 1 is 0.650 bits per heavy atom. The maximum atomic E-state index is 12.5. The van der Waals surface area contributed by atoms with Crippen LogP contribution in [0.15, 0.2) is 48.5 Å². The first-order valence-corrected chi connectivity index (χ1v) is 6.91. The van der Waals surface area contributed by atoms with Crippen molar-refractivity contribution in [3.63, 3.8) is 0 Å². The van der Waals surface area contributed by atoms with E-state index >= 15 is 0 Å². The largest absolute Gasteiger partial charge is 0.207 e. The first-order valence-electron chi connectivity index (χ1n) is 6.91. The highest BCUT2D eigenvalue weighted by atomic mass is 19.1. The van der Waals surface area contributed by atoms with Crippen molar-refractivity contribution in [3.8, 4) is 0 Å². The third-order valence-corrected chi connectivity index (χ3v) is 3.05. The van der Waals surface area contributed by atoms with Crippen molar-refractivity contribution in [3.05, 3.63) is 71.3 Å². The quantitative estimate of drug-likeness (QED) is 0.640. The lowest BCUT2D eigenvalue weighted by Crippen LogP contribution is -1.86. The maximum Gasteiger partial charge on any atom is 0.123 e. The highest BCUT2D eigenvalue weighted by Crippen LogP contribution is 2.14. The summed E-state index contributed by atoms with van der Waals surface area (Å²) in [7, 11) is 0. The fraction of sp³-hybridized carbons (Fsp3) is 0.333. The summed E-state index contributed by atoms with van der Waals surface area (Å²) in [5.41, 5.74) is 2.24. The molecule has 20 heavy (non-hydrogen) atoms. The molecule has 0 saturated carbocycles. The van der Waals surface area contributed by atoms with Crippen molar-refractivity contribution >= 4 is 0 Å². The number of halogens is 2. The van der Waals surface area contributed by atoms with Gasteiger partial charge in [0.2, 0.25) is 0 Å². The summed E-state index contributed by atoms with van der Waals surface area (Å²) in [4.78, 5) is 0. The second-order valence-electron chi connectivity index (χ2n) is 5.42. The second kappa shape index (κ2) is 7.78. The first-order chi connectivity index (χ1) is 9.40. The van der Waals surface area contributed by atoms with E-state index in [0.717, 1.165) is 5.56 Å². The molecule has 0 radical (unpaired) electrons. The van der Waals surface area contributed by atoms with Crippen LogP contribution in [0.4, 0.5) is 8.78 Å². The van der Waals surface area contributed by atoms with Crippen LogP contribution in [0.2, 0.25) is 0 Å². The van der Waals surface area contributed by atoms with E-state index in [1.807, 2.05) is 18.2 Å². The molecule has 0 amide bonds. The minimum absolute atomic E-state index is 0.147. The molecule has 2 heteroatoms. The third kappa shape index (κ3) is 5.52. The van der Waals surface area contributed by atoms with E-state index < -0.39 is 0 Å². The number of hydrogen-bond donors (Lipinski definition) is 0. The molecular weight excluding hydrogens is 254 g/mol. The number of benzene rings is 2. The molecule has 0 N–H and O–H groups in total. The van der Waals surface area contributed by atoms with Gasteiger partial charge in [-0.05, 0) is 47.2 Å². The zero-order valence-electron chi connectivity index (χ0n) is 12.5. The fourth-order valence-corrected chi connectivity index (χ4v) is 1.71. The Kier molecular flexibility index (Phi) is 6.37. The molecule has 0 heterocycles. The Balaban J connectivity index is 0.000000200. The molecule has 0 spiro atoms. The van der Waals surface area contributed by atoms with Crippen LogP contribution in [0.5, 0.6) is 0 Å². The van der Waals surface area contributed by atoms with Gasteiger partial charge in [-0.15, -0.1) is 0 Å². The summed E-state index contributed by atoms with van der Waals surface area (Å²) in [5.74, 6) is 0.590. The predicted molar refractivity (Wildman–Crippen MR) is 81.0 cm³/mol. The molecule has 0 nitrogen and oxygen atoms in total. The molecule has 0 aliphatic rings. The lowest BCUT2D eigenvalue weighted by Gasteiger charge is -2.02. The molecule has 0 aliphatic carbocycles. The van der Waals surface area contributed by atoms with Crippen LogP contribution in [0.3, 0.4) is 0 Å². The van der Waals surface area contributed by atoms with E-state index in [0.29, 0.717) is 11.8 Å². The van der Waals surface area contributed by atoms with Crippen molar-refractivity contribution in [1.82, 2.24) is 0 Å². The molecular formula is C18H22F2. The van der Waals surface area contributed by atoms with Crippen molar-refractivity contribution in [1.29, 1.82) is 0 Å². The van der Waals surface area contributed by atoms with Gasteiger partial charge in [0, 0.05) is 0 Å². The molecule has 0 bridgehead atoms. The van der Waals surface area contributed by atoms with Crippen molar-refractivity contribution < 1.29 is 8.78 Å². The minimum Gasteiger partial charge on any atom is -0.207 e. The van der Waals surface area contributed by atoms with Gasteiger partial charge < -0.3 is 0 Å². The van der Waals surface area contributed by atoms with Gasteiger partial charge in [0.15, 0.2) is 0 Å². The van der Waals surface area contributed by atoms with Gasteiger partial charge >= 0.3 is 0 Å². The van der Waals surface area contributed by atoms with E-state index in [-0.39, 0.29) is 11.6 Å². The van der Waals surface area contributed by atoms with Crippen LogP contribution in [0, 0.1) is 11.6 Å². The lowest BCUT2D eigenvalue weighted by atomic mass is 10.0. The minimum atomic E-state index is -0.163. The highest BCUT2D eigenvalue weighted by Gasteiger charge is 1.98. The van der Waals surface area contributed by atoms with Gasteiger partial charge in [-0.25, -0.2) is 8.78 Å². The molecule has 0 fully saturated rings. The molecule has 0 aromatic heterocycles. The lowest BCUT2D eigenvalue weighted by molar-refractivity contribution is 0.623. The molecule has 0 saturated heterocycles.